The Morgan fingerprint density at radius 1 is 1.00 bits per heavy atom. The summed E-state index contributed by atoms with van der Waals surface area (Å²) in [5, 5.41) is 0.532. The second-order valence-corrected chi connectivity index (χ2v) is 10.2. The van der Waals surface area contributed by atoms with Gasteiger partial charge < -0.3 is 9.64 Å². The van der Waals surface area contributed by atoms with Crippen molar-refractivity contribution in [3.8, 4) is 5.75 Å². The summed E-state index contributed by atoms with van der Waals surface area (Å²) in [6.07, 6.45) is -3.67. The van der Waals surface area contributed by atoms with Crippen molar-refractivity contribution in [2.75, 3.05) is 24.5 Å². The number of sulfonamides is 1. The number of nitrogens with zero attached hydrogens (tertiary/aromatic N) is 2. The SMILES string of the molecule is O=C1N(c2ccc(Cl)cc2)CCC12CCCN(S(=O)(=O)c1ccccc1OC(F)(F)F)C2. The Morgan fingerprint density at radius 3 is 2.38 bits per heavy atom. The number of hydrogen-bond donors (Lipinski definition) is 0. The Hall–Kier alpha value is -2.30. The zero-order valence-electron chi connectivity index (χ0n) is 16.8. The quantitative estimate of drug-likeness (QED) is 0.638. The molecule has 1 atom stereocenters. The monoisotopic (exact) mass is 488 g/mol. The topological polar surface area (TPSA) is 66.9 Å². The van der Waals surface area contributed by atoms with Gasteiger partial charge in [-0.25, -0.2) is 8.42 Å². The van der Waals surface area contributed by atoms with Crippen molar-refractivity contribution in [1.82, 2.24) is 4.31 Å². The van der Waals surface area contributed by atoms with Gasteiger partial charge in [0.15, 0.2) is 0 Å². The molecule has 0 aliphatic carbocycles. The lowest BCUT2D eigenvalue weighted by molar-refractivity contribution is -0.275. The predicted octanol–water partition coefficient (Wildman–Crippen LogP) is 4.45. The van der Waals surface area contributed by atoms with Gasteiger partial charge in [-0.05, 0) is 55.7 Å². The maximum atomic E-state index is 13.3. The molecular weight excluding hydrogens is 469 g/mol. The molecule has 2 aromatic rings. The molecule has 172 valence electrons. The summed E-state index contributed by atoms with van der Waals surface area (Å²) in [6, 6.07) is 11.4. The van der Waals surface area contributed by atoms with Gasteiger partial charge >= 0.3 is 6.36 Å². The zero-order valence-corrected chi connectivity index (χ0v) is 18.4. The van der Waals surface area contributed by atoms with Crippen LogP contribution in [-0.2, 0) is 14.8 Å². The van der Waals surface area contributed by atoms with E-state index >= 15 is 0 Å². The summed E-state index contributed by atoms with van der Waals surface area (Å²) in [6.45, 7) is 0.430. The van der Waals surface area contributed by atoms with E-state index in [-0.39, 0.29) is 19.0 Å². The minimum absolute atomic E-state index is 0.0986. The Bertz CT molecular complexity index is 1120. The third-order valence-electron chi connectivity index (χ3n) is 5.89. The number of para-hydroxylation sites is 1. The highest BCUT2D eigenvalue weighted by molar-refractivity contribution is 7.89. The summed E-state index contributed by atoms with van der Waals surface area (Å²) >= 11 is 5.92. The van der Waals surface area contributed by atoms with E-state index < -0.39 is 32.4 Å². The smallest absolute Gasteiger partial charge is 0.404 e. The van der Waals surface area contributed by atoms with Crippen LogP contribution in [0, 0.1) is 5.41 Å². The van der Waals surface area contributed by atoms with Crippen LogP contribution in [0.3, 0.4) is 0 Å². The number of piperidine rings is 1. The molecule has 1 amide bonds. The van der Waals surface area contributed by atoms with Crippen LogP contribution in [0.1, 0.15) is 19.3 Å². The first-order chi connectivity index (χ1) is 15.0. The minimum atomic E-state index is -5.03. The number of carbonyl (C=O) groups is 1. The number of amides is 1. The van der Waals surface area contributed by atoms with Crippen LogP contribution in [-0.4, -0.2) is 44.6 Å². The first kappa shape index (κ1) is 22.9. The average molecular weight is 489 g/mol. The molecule has 1 unspecified atom stereocenters. The third kappa shape index (κ3) is 4.31. The molecule has 0 aromatic heterocycles. The molecule has 0 radical (unpaired) electrons. The average Bonchev–Trinajstić information content (AvgIpc) is 3.03. The van der Waals surface area contributed by atoms with E-state index in [0.717, 1.165) is 16.4 Å². The van der Waals surface area contributed by atoms with Gasteiger partial charge in [0.1, 0.15) is 10.6 Å². The largest absolute Gasteiger partial charge is 0.573 e. The first-order valence-electron chi connectivity index (χ1n) is 9.94. The van der Waals surface area contributed by atoms with E-state index in [0.29, 0.717) is 36.5 Å². The fourth-order valence-corrected chi connectivity index (χ4v) is 6.18. The van der Waals surface area contributed by atoms with Crippen molar-refractivity contribution >= 4 is 33.2 Å². The number of rotatable bonds is 4. The predicted molar refractivity (Wildman–Crippen MR) is 112 cm³/mol. The highest BCUT2D eigenvalue weighted by Gasteiger charge is 2.51. The van der Waals surface area contributed by atoms with Gasteiger partial charge in [0, 0.05) is 30.3 Å². The summed E-state index contributed by atoms with van der Waals surface area (Å²) in [5.74, 6) is -0.986. The van der Waals surface area contributed by atoms with Crippen LogP contribution in [0.25, 0.3) is 0 Å². The van der Waals surface area contributed by atoms with E-state index in [4.69, 9.17) is 11.6 Å². The summed E-state index contributed by atoms with van der Waals surface area (Å²) in [4.78, 5) is 14.4. The Morgan fingerprint density at radius 2 is 1.69 bits per heavy atom. The minimum Gasteiger partial charge on any atom is -0.404 e. The standard InChI is InChI=1S/C21H20ClF3N2O4S/c22-15-6-8-16(9-7-15)27-13-11-20(19(27)28)10-3-12-26(14-20)32(29,30)18-5-2-1-4-17(18)31-21(23,24)25/h1-2,4-9H,3,10-14H2. The van der Waals surface area contributed by atoms with E-state index in [1.165, 1.54) is 12.1 Å². The van der Waals surface area contributed by atoms with E-state index in [1.54, 1.807) is 29.2 Å². The van der Waals surface area contributed by atoms with Crippen LogP contribution in [0.15, 0.2) is 53.4 Å². The molecule has 4 rings (SSSR count). The van der Waals surface area contributed by atoms with Gasteiger partial charge in [0.05, 0.1) is 5.41 Å². The molecule has 2 aromatic carbocycles. The summed E-state index contributed by atoms with van der Waals surface area (Å²) in [7, 11) is -4.32. The fourth-order valence-electron chi connectivity index (χ4n) is 4.37. The van der Waals surface area contributed by atoms with Crippen LogP contribution < -0.4 is 9.64 Å². The number of benzene rings is 2. The Kier molecular flexibility index (Phi) is 5.89. The highest BCUT2D eigenvalue weighted by atomic mass is 35.5. The van der Waals surface area contributed by atoms with Gasteiger partial charge in [-0.2, -0.15) is 4.31 Å². The lowest BCUT2D eigenvalue weighted by atomic mass is 9.79. The molecule has 0 saturated carbocycles. The van der Waals surface area contributed by atoms with Crippen molar-refractivity contribution in [3.05, 3.63) is 53.6 Å². The number of anilines is 1. The van der Waals surface area contributed by atoms with Crippen LogP contribution in [0.5, 0.6) is 5.75 Å². The molecule has 32 heavy (non-hydrogen) atoms. The molecule has 2 heterocycles. The van der Waals surface area contributed by atoms with Crippen molar-refractivity contribution < 1.29 is 31.1 Å². The van der Waals surface area contributed by atoms with Gasteiger partial charge in [-0.3, -0.25) is 4.79 Å². The lowest BCUT2D eigenvalue weighted by Gasteiger charge is -2.38. The summed E-state index contributed by atoms with van der Waals surface area (Å²) in [5.41, 5.74) is -0.259. The van der Waals surface area contributed by atoms with Gasteiger partial charge in [-0.15, -0.1) is 13.2 Å². The molecule has 2 aliphatic heterocycles. The van der Waals surface area contributed by atoms with Crippen LogP contribution >= 0.6 is 11.6 Å². The van der Waals surface area contributed by atoms with E-state index in [9.17, 15) is 26.4 Å². The van der Waals surface area contributed by atoms with Gasteiger partial charge in [0.2, 0.25) is 15.9 Å². The molecule has 2 fully saturated rings. The highest BCUT2D eigenvalue weighted by Crippen LogP contribution is 2.44. The first-order valence-corrected chi connectivity index (χ1v) is 11.8. The number of ether oxygens (including phenoxy) is 1. The maximum Gasteiger partial charge on any atom is 0.573 e. The van der Waals surface area contributed by atoms with Crippen molar-refractivity contribution in [2.45, 2.75) is 30.5 Å². The maximum absolute atomic E-state index is 13.3. The third-order valence-corrected chi connectivity index (χ3v) is 8.02. The normalized spacial score (nSPS) is 22.5. The molecule has 0 bridgehead atoms. The molecule has 1 spiro atoms. The molecule has 2 aliphatic rings. The lowest BCUT2D eigenvalue weighted by Crippen LogP contribution is -2.49. The molecule has 11 heteroatoms. The Labute approximate surface area is 188 Å². The fraction of sp³-hybridized carbons (Fsp3) is 0.381. The van der Waals surface area contributed by atoms with Crippen molar-refractivity contribution in [2.24, 2.45) is 5.41 Å². The van der Waals surface area contributed by atoms with Crippen molar-refractivity contribution in [1.29, 1.82) is 0 Å². The molecule has 2 saturated heterocycles. The second-order valence-electron chi connectivity index (χ2n) is 7.90. The molecule has 6 nitrogen and oxygen atoms in total. The van der Waals surface area contributed by atoms with E-state index in [1.807, 2.05) is 0 Å². The van der Waals surface area contributed by atoms with Crippen LogP contribution in [0.4, 0.5) is 18.9 Å². The number of carbonyl (C=O) groups excluding carboxylic acids is 1. The van der Waals surface area contributed by atoms with E-state index in [2.05, 4.69) is 4.74 Å². The molecule has 0 N–H and O–H groups in total. The summed E-state index contributed by atoms with van der Waals surface area (Å²) < 4.78 is 69.9. The van der Waals surface area contributed by atoms with Crippen molar-refractivity contribution in [3.63, 3.8) is 0 Å². The number of halogens is 4. The van der Waals surface area contributed by atoms with Gasteiger partial charge in [-0.1, -0.05) is 23.7 Å². The number of hydrogen-bond acceptors (Lipinski definition) is 4. The van der Waals surface area contributed by atoms with Gasteiger partial charge in [0.25, 0.3) is 0 Å². The number of alkyl halides is 3. The molecular formula is C21H20ClF3N2O4S. The zero-order chi connectivity index (χ0) is 23.1. The Balaban J connectivity index is 1.61. The van der Waals surface area contributed by atoms with Crippen LogP contribution in [0.2, 0.25) is 5.02 Å². The second kappa shape index (κ2) is 8.24.